The van der Waals surface area contributed by atoms with Gasteiger partial charge in [-0.25, -0.2) is 5.84 Å². The van der Waals surface area contributed by atoms with Gasteiger partial charge in [-0.3, -0.25) is 15.0 Å². The number of hydrogen-bond donors (Lipinski definition) is 3. The molecule has 0 aliphatic carbocycles. The molecule has 4 N–H and O–H groups in total. The van der Waals surface area contributed by atoms with E-state index in [1.54, 1.807) is 62.6 Å². The van der Waals surface area contributed by atoms with Crippen molar-refractivity contribution in [2.75, 3.05) is 12.4 Å². The molecule has 7 heteroatoms. The minimum atomic E-state index is -0.728. The average molecular weight is 329 g/mol. The summed E-state index contributed by atoms with van der Waals surface area (Å²) in [5.74, 6) is 5.54. The Morgan fingerprint density at radius 1 is 1.00 bits per heavy atom. The van der Waals surface area contributed by atoms with E-state index >= 15 is 0 Å². The Kier molecular flexibility index (Phi) is 5.75. The Balaban J connectivity index is 1.98. The van der Waals surface area contributed by atoms with Crippen LogP contribution >= 0.6 is 0 Å². The monoisotopic (exact) mass is 329 g/mol. The van der Waals surface area contributed by atoms with Gasteiger partial charge in [-0.1, -0.05) is 0 Å². The van der Waals surface area contributed by atoms with Crippen LogP contribution < -0.4 is 26.1 Å². The molecule has 126 valence electrons. The van der Waals surface area contributed by atoms with Crippen molar-refractivity contribution in [1.29, 1.82) is 0 Å². The molecule has 2 aromatic rings. The molecule has 0 heterocycles. The van der Waals surface area contributed by atoms with E-state index in [0.717, 1.165) is 0 Å². The fraction of sp³-hybridized carbons (Fsp3) is 0.176. The third kappa shape index (κ3) is 4.47. The van der Waals surface area contributed by atoms with E-state index in [0.29, 0.717) is 22.7 Å². The van der Waals surface area contributed by atoms with Crippen molar-refractivity contribution in [1.82, 2.24) is 5.43 Å². The van der Waals surface area contributed by atoms with Gasteiger partial charge in [-0.2, -0.15) is 0 Å². The van der Waals surface area contributed by atoms with Gasteiger partial charge in [-0.05, 0) is 55.5 Å². The minimum absolute atomic E-state index is 0.250. The zero-order valence-corrected chi connectivity index (χ0v) is 13.4. The van der Waals surface area contributed by atoms with Crippen LogP contribution in [0.4, 0.5) is 5.69 Å². The van der Waals surface area contributed by atoms with Crippen LogP contribution in [0, 0.1) is 0 Å². The number of nitrogens with one attached hydrogen (secondary N) is 2. The molecule has 0 saturated carbocycles. The lowest BCUT2D eigenvalue weighted by molar-refractivity contribution is -0.127. The first-order valence-corrected chi connectivity index (χ1v) is 7.26. The van der Waals surface area contributed by atoms with Crippen molar-refractivity contribution in [3.8, 4) is 11.5 Å². The third-order valence-electron chi connectivity index (χ3n) is 3.29. The molecule has 0 aliphatic heterocycles. The number of nitrogens with two attached hydrogens (primary N) is 1. The van der Waals surface area contributed by atoms with E-state index in [2.05, 4.69) is 5.32 Å². The maximum absolute atomic E-state index is 12.2. The van der Waals surface area contributed by atoms with Crippen molar-refractivity contribution < 1.29 is 19.1 Å². The molecule has 0 fully saturated rings. The number of hydrazine groups is 1. The van der Waals surface area contributed by atoms with Gasteiger partial charge in [0, 0.05) is 11.3 Å². The minimum Gasteiger partial charge on any atom is -0.497 e. The smallest absolute Gasteiger partial charge is 0.274 e. The van der Waals surface area contributed by atoms with Crippen LogP contribution in [-0.2, 0) is 4.79 Å². The summed E-state index contributed by atoms with van der Waals surface area (Å²) in [6.07, 6.45) is -0.728. The molecule has 0 radical (unpaired) electrons. The van der Waals surface area contributed by atoms with Gasteiger partial charge in [0.05, 0.1) is 7.11 Å². The number of methoxy groups -OCH3 is 1. The first kappa shape index (κ1) is 17.3. The highest BCUT2D eigenvalue weighted by Gasteiger charge is 2.13. The molecule has 0 saturated heterocycles. The molecule has 0 bridgehead atoms. The van der Waals surface area contributed by atoms with Crippen molar-refractivity contribution in [2.45, 2.75) is 13.0 Å². The van der Waals surface area contributed by atoms with Crippen LogP contribution in [0.2, 0.25) is 0 Å². The lowest BCUT2D eigenvalue weighted by Gasteiger charge is -2.13. The Morgan fingerprint density at radius 3 is 2.12 bits per heavy atom. The second-order valence-electron chi connectivity index (χ2n) is 4.98. The summed E-state index contributed by atoms with van der Waals surface area (Å²) in [5.41, 5.74) is 3.14. The first-order chi connectivity index (χ1) is 11.5. The summed E-state index contributed by atoms with van der Waals surface area (Å²) >= 11 is 0. The Hall–Kier alpha value is -3.06. The van der Waals surface area contributed by atoms with Crippen molar-refractivity contribution in [3.63, 3.8) is 0 Å². The quantitative estimate of drug-likeness (QED) is 0.425. The summed E-state index contributed by atoms with van der Waals surface area (Å²) in [4.78, 5) is 23.5. The van der Waals surface area contributed by atoms with Crippen molar-refractivity contribution >= 4 is 17.5 Å². The molecule has 0 spiro atoms. The van der Waals surface area contributed by atoms with Gasteiger partial charge < -0.3 is 14.8 Å². The van der Waals surface area contributed by atoms with E-state index in [-0.39, 0.29) is 5.91 Å². The lowest BCUT2D eigenvalue weighted by Crippen LogP contribution is -2.40. The maximum atomic E-state index is 12.2. The van der Waals surface area contributed by atoms with Crippen LogP contribution in [0.15, 0.2) is 48.5 Å². The standard InChI is InChI=1S/C17H19N3O4/c1-11(16(21)20-18)24-15-7-3-12(4-8-15)17(22)19-13-5-9-14(23-2)10-6-13/h3-11H,18H2,1-2H3,(H,19,22)(H,20,21). The van der Waals surface area contributed by atoms with Crippen LogP contribution in [-0.4, -0.2) is 25.0 Å². The van der Waals surface area contributed by atoms with Gasteiger partial charge in [-0.15, -0.1) is 0 Å². The predicted octanol–water partition coefficient (Wildman–Crippen LogP) is 1.70. The van der Waals surface area contributed by atoms with E-state index in [9.17, 15) is 9.59 Å². The largest absolute Gasteiger partial charge is 0.497 e. The van der Waals surface area contributed by atoms with Crippen molar-refractivity contribution in [3.05, 3.63) is 54.1 Å². The fourth-order valence-corrected chi connectivity index (χ4v) is 1.94. The van der Waals surface area contributed by atoms with E-state index in [4.69, 9.17) is 15.3 Å². The summed E-state index contributed by atoms with van der Waals surface area (Å²) in [7, 11) is 1.58. The number of benzene rings is 2. The molecule has 2 rings (SSSR count). The Morgan fingerprint density at radius 2 is 1.58 bits per heavy atom. The van der Waals surface area contributed by atoms with Gasteiger partial charge in [0.2, 0.25) is 0 Å². The fourth-order valence-electron chi connectivity index (χ4n) is 1.94. The van der Waals surface area contributed by atoms with E-state index < -0.39 is 12.0 Å². The number of ether oxygens (including phenoxy) is 2. The summed E-state index contributed by atoms with van der Waals surface area (Å²) < 4.78 is 10.5. The summed E-state index contributed by atoms with van der Waals surface area (Å²) in [6, 6.07) is 13.5. The Bertz CT molecular complexity index is 699. The second kappa shape index (κ2) is 7.98. The van der Waals surface area contributed by atoms with Gasteiger partial charge in [0.15, 0.2) is 6.10 Å². The average Bonchev–Trinajstić information content (AvgIpc) is 2.62. The van der Waals surface area contributed by atoms with Gasteiger partial charge >= 0.3 is 0 Å². The zero-order chi connectivity index (χ0) is 17.5. The lowest BCUT2D eigenvalue weighted by atomic mass is 10.2. The maximum Gasteiger partial charge on any atom is 0.274 e. The molecule has 2 aromatic carbocycles. The zero-order valence-electron chi connectivity index (χ0n) is 13.4. The topological polar surface area (TPSA) is 103 Å². The molecular formula is C17H19N3O4. The van der Waals surface area contributed by atoms with Crippen molar-refractivity contribution in [2.24, 2.45) is 5.84 Å². The Labute approximate surface area is 139 Å². The first-order valence-electron chi connectivity index (χ1n) is 7.26. The van der Waals surface area contributed by atoms with Crippen LogP contribution in [0.3, 0.4) is 0 Å². The molecule has 0 aromatic heterocycles. The number of carbonyl (C=O) groups is 2. The predicted molar refractivity (Wildman–Crippen MR) is 89.8 cm³/mol. The van der Waals surface area contributed by atoms with E-state index in [1.807, 2.05) is 5.43 Å². The molecule has 1 unspecified atom stereocenters. The van der Waals surface area contributed by atoms with Crippen LogP contribution in [0.25, 0.3) is 0 Å². The summed E-state index contributed by atoms with van der Waals surface area (Å²) in [6.45, 7) is 1.58. The number of carbonyl (C=O) groups excluding carboxylic acids is 2. The number of hydrogen-bond acceptors (Lipinski definition) is 5. The number of amides is 2. The molecule has 1 atom stereocenters. The van der Waals surface area contributed by atoms with Gasteiger partial charge in [0.1, 0.15) is 11.5 Å². The molecule has 0 aliphatic rings. The normalized spacial score (nSPS) is 11.3. The van der Waals surface area contributed by atoms with Crippen LogP contribution in [0.5, 0.6) is 11.5 Å². The molecule has 24 heavy (non-hydrogen) atoms. The highest BCUT2D eigenvalue weighted by Crippen LogP contribution is 2.18. The van der Waals surface area contributed by atoms with Gasteiger partial charge in [0.25, 0.3) is 11.8 Å². The highest BCUT2D eigenvalue weighted by molar-refractivity contribution is 6.04. The molecular weight excluding hydrogens is 310 g/mol. The second-order valence-corrected chi connectivity index (χ2v) is 4.98. The SMILES string of the molecule is COc1ccc(NC(=O)c2ccc(OC(C)C(=O)NN)cc2)cc1. The highest BCUT2D eigenvalue weighted by atomic mass is 16.5. The van der Waals surface area contributed by atoms with Crippen LogP contribution in [0.1, 0.15) is 17.3 Å². The molecule has 7 nitrogen and oxygen atoms in total. The number of anilines is 1. The summed E-state index contributed by atoms with van der Waals surface area (Å²) in [5, 5.41) is 2.78. The number of rotatable bonds is 6. The third-order valence-corrected chi connectivity index (χ3v) is 3.29. The van der Waals surface area contributed by atoms with E-state index in [1.165, 1.54) is 0 Å². The molecule has 2 amide bonds.